The summed E-state index contributed by atoms with van der Waals surface area (Å²) < 4.78 is 0. The Kier molecular flexibility index (Phi) is 4.35. The number of nitrogens with zero attached hydrogens (tertiary/aromatic N) is 3. The minimum atomic E-state index is -0.597. The summed E-state index contributed by atoms with van der Waals surface area (Å²) >= 11 is 0. The summed E-state index contributed by atoms with van der Waals surface area (Å²) in [7, 11) is 0. The maximum absolute atomic E-state index is 10.9. The fourth-order valence-electron chi connectivity index (χ4n) is 1.35. The molecule has 8 heteroatoms. The average molecular weight is 238 g/mol. The van der Waals surface area contributed by atoms with Crippen molar-refractivity contribution in [3.8, 4) is 0 Å². The predicted molar refractivity (Wildman–Crippen MR) is 60.5 cm³/mol. The maximum atomic E-state index is 10.9. The number of anilines is 1. The Labute approximate surface area is 97.8 Å². The molecule has 0 fully saturated rings. The van der Waals surface area contributed by atoms with Gasteiger partial charge in [0.25, 0.3) is 0 Å². The van der Waals surface area contributed by atoms with Crippen molar-refractivity contribution in [2.45, 2.75) is 6.54 Å². The van der Waals surface area contributed by atoms with Crippen molar-refractivity contribution in [3.05, 3.63) is 18.1 Å². The highest BCUT2D eigenvalue weighted by Gasteiger charge is 2.16. The second kappa shape index (κ2) is 5.75. The van der Waals surface area contributed by atoms with Crippen molar-refractivity contribution in [3.63, 3.8) is 0 Å². The zero-order chi connectivity index (χ0) is 12.8. The van der Waals surface area contributed by atoms with E-state index in [0.717, 1.165) is 0 Å². The maximum Gasteiger partial charge on any atom is 0.237 e. The summed E-state index contributed by atoms with van der Waals surface area (Å²) in [4.78, 5) is 31.2. The van der Waals surface area contributed by atoms with Gasteiger partial charge in [0.05, 0.1) is 18.8 Å². The highest BCUT2D eigenvalue weighted by atomic mass is 16.2. The molecule has 6 N–H and O–H groups in total. The van der Waals surface area contributed by atoms with Crippen LogP contribution >= 0.6 is 0 Å². The Balaban J connectivity index is 3.02. The Morgan fingerprint density at radius 1 is 1.12 bits per heavy atom. The Hall–Kier alpha value is -2.22. The number of nitrogens with two attached hydrogens (primary N) is 3. The molecule has 0 unspecified atom stereocenters. The van der Waals surface area contributed by atoms with Crippen LogP contribution in [0.2, 0.25) is 0 Å². The van der Waals surface area contributed by atoms with Crippen LogP contribution in [0.1, 0.15) is 5.69 Å². The molecule has 1 rings (SSSR count). The van der Waals surface area contributed by atoms with Gasteiger partial charge in [-0.15, -0.1) is 0 Å². The molecular formula is C9H14N6O2. The second-order valence-corrected chi connectivity index (χ2v) is 3.32. The van der Waals surface area contributed by atoms with Crippen molar-refractivity contribution >= 4 is 17.6 Å². The van der Waals surface area contributed by atoms with E-state index in [0.29, 0.717) is 11.5 Å². The van der Waals surface area contributed by atoms with Crippen LogP contribution in [0.4, 0.5) is 5.82 Å². The minimum absolute atomic E-state index is 0.136. The SMILES string of the molecule is NCc1nccnc1N(CC(N)=O)CC(N)=O. The van der Waals surface area contributed by atoms with E-state index in [1.807, 2.05) is 0 Å². The van der Waals surface area contributed by atoms with Gasteiger partial charge in [0.2, 0.25) is 11.8 Å². The van der Waals surface area contributed by atoms with Crippen LogP contribution in [-0.2, 0) is 16.1 Å². The van der Waals surface area contributed by atoms with Crippen LogP contribution < -0.4 is 22.1 Å². The molecule has 1 heterocycles. The first kappa shape index (κ1) is 12.8. The van der Waals surface area contributed by atoms with E-state index in [2.05, 4.69) is 9.97 Å². The van der Waals surface area contributed by atoms with Crippen LogP contribution in [-0.4, -0.2) is 34.9 Å². The molecule has 8 nitrogen and oxygen atoms in total. The van der Waals surface area contributed by atoms with Crippen LogP contribution in [0.25, 0.3) is 0 Å². The number of hydrogen-bond acceptors (Lipinski definition) is 6. The normalized spacial score (nSPS) is 9.94. The summed E-state index contributed by atoms with van der Waals surface area (Å²) in [6.07, 6.45) is 2.90. The number of primary amides is 2. The van der Waals surface area contributed by atoms with Crippen molar-refractivity contribution in [2.24, 2.45) is 17.2 Å². The smallest absolute Gasteiger partial charge is 0.237 e. The van der Waals surface area contributed by atoms with Gasteiger partial charge in [0.1, 0.15) is 0 Å². The lowest BCUT2D eigenvalue weighted by Gasteiger charge is -2.21. The predicted octanol–water partition coefficient (Wildman–Crippen LogP) is -2.29. The number of aromatic nitrogens is 2. The van der Waals surface area contributed by atoms with E-state index in [1.54, 1.807) is 0 Å². The van der Waals surface area contributed by atoms with Gasteiger partial charge >= 0.3 is 0 Å². The molecule has 0 aliphatic heterocycles. The zero-order valence-corrected chi connectivity index (χ0v) is 9.17. The van der Waals surface area contributed by atoms with Crippen LogP contribution in [0.5, 0.6) is 0 Å². The third kappa shape index (κ3) is 3.68. The van der Waals surface area contributed by atoms with Crippen molar-refractivity contribution in [1.82, 2.24) is 9.97 Å². The van der Waals surface area contributed by atoms with Gasteiger partial charge in [-0.1, -0.05) is 0 Å². The average Bonchev–Trinajstić information content (AvgIpc) is 2.27. The number of rotatable bonds is 6. The van der Waals surface area contributed by atoms with Crippen molar-refractivity contribution in [2.75, 3.05) is 18.0 Å². The summed E-state index contributed by atoms with van der Waals surface area (Å²) in [6, 6.07) is 0. The quantitative estimate of drug-likeness (QED) is 0.509. The third-order valence-electron chi connectivity index (χ3n) is 1.94. The van der Waals surface area contributed by atoms with Gasteiger partial charge in [-0.25, -0.2) is 4.98 Å². The molecule has 0 aromatic carbocycles. The summed E-state index contributed by atoms with van der Waals surface area (Å²) in [5.41, 5.74) is 16.1. The van der Waals surface area contributed by atoms with Gasteiger partial charge in [0.15, 0.2) is 5.82 Å². The van der Waals surface area contributed by atoms with Gasteiger partial charge < -0.3 is 22.1 Å². The molecule has 2 amide bonds. The number of amides is 2. The molecule has 0 aliphatic rings. The van der Waals surface area contributed by atoms with E-state index in [1.165, 1.54) is 17.3 Å². The van der Waals surface area contributed by atoms with Crippen LogP contribution in [0.15, 0.2) is 12.4 Å². The van der Waals surface area contributed by atoms with Crippen LogP contribution in [0.3, 0.4) is 0 Å². The van der Waals surface area contributed by atoms with Gasteiger partial charge in [-0.2, -0.15) is 0 Å². The van der Waals surface area contributed by atoms with Gasteiger partial charge in [0, 0.05) is 18.9 Å². The Morgan fingerprint density at radius 3 is 2.12 bits per heavy atom. The van der Waals surface area contributed by atoms with Crippen LogP contribution in [0, 0.1) is 0 Å². The summed E-state index contributed by atoms with van der Waals surface area (Å²) in [5.74, 6) is -0.854. The molecule has 0 aliphatic carbocycles. The molecule has 0 saturated carbocycles. The molecule has 0 spiro atoms. The molecule has 0 radical (unpaired) electrons. The zero-order valence-electron chi connectivity index (χ0n) is 9.17. The summed E-state index contributed by atoms with van der Waals surface area (Å²) in [6.45, 7) is -0.208. The molecule has 0 atom stereocenters. The lowest BCUT2D eigenvalue weighted by Crippen LogP contribution is -2.40. The molecular weight excluding hydrogens is 224 g/mol. The van der Waals surface area contributed by atoms with Crippen molar-refractivity contribution in [1.29, 1.82) is 0 Å². The molecule has 92 valence electrons. The first-order valence-corrected chi connectivity index (χ1v) is 4.86. The molecule has 1 aromatic rings. The molecule has 0 saturated heterocycles. The molecule has 17 heavy (non-hydrogen) atoms. The number of carbonyl (C=O) groups is 2. The summed E-state index contributed by atoms with van der Waals surface area (Å²) in [5, 5.41) is 0. The topological polar surface area (TPSA) is 141 Å². The Bertz CT molecular complexity index is 406. The fraction of sp³-hybridized carbons (Fsp3) is 0.333. The lowest BCUT2D eigenvalue weighted by molar-refractivity contribution is -0.117. The Morgan fingerprint density at radius 2 is 1.65 bits per heavy atom. The second-order valence-electron chi connectivity index (χ2n) is 3.32. The highest BCUT2D eigenvalue weighted by molar-refractivity contribution is 5.84. The number of hydrogen-bond donors (Lipinski definition) is 3. The minimum Gasteiger partial charge on any atom is -0.368 e. The van der Waals surface area contributed by atoms with E-state index in [-0.39, 0.29) is 19.6 Å². The molecule has 1 aromatic heterocycles. The van der Waals surface area contributed by atoms with Crippen molar-refractivity contribution < 1.29 is 9.59 Å². The van der Waals surface area contributed by atoms with E-state index in [4.69, 9.17) is 17.2 Å². The first-order chi connectivity index (χ1) is 8.04. The first-order valence-electron chi connectivity index (χ1n) is 4.86. The van der Waals surface area contributed by atoms with E-state index in [9.17, 15) is 9.59 Å². The van der Waals surface area contributed by atoms with E-state index < -0.39 is 11.8 Å². The fourth-order valence-corrected chi connectivity index (χ4v) is 1.35. The monoisotopic (exact) mass is 238 g/mol. The van der Waals surface area contributed by atoms with Gasteiger partial charge in [-0.3, -0.25) is 14.6 Å². The lowest BCUT2D eigenvalue weighted by atomic mass is 10.3. The third-order valence-corrected chi connectivity index (χ3v) is 1.94. The molecule has 0 bridgehead atoms. The van der Waals surface area contributed by atoms with Gasteiger partial charge in [-0.05, 0) is 0 Å². The highest BCUT2D eigenvalue weighted by Crippen LogP contribution is 2.13. The standard InChI is InChI=1S/C9H14N6O2/c10-3-6-9(14-2-1-13-6)15(4-7(11)16)5-8(12)17/h1-2H,3-5,10H2,(H2,11,16)(H2,12,17). The number of carbonyl (C=O) groups excluding carboxylic acids is 2. The van der Waals surface area contributed by atoms with E-state index >= 15 is 0 Å². The largest absolute Gasteiger partial charge is 0.368 e.